The zero-order valence-corrected chi connectivity index (χ0v) is 16.3. The molecule has 0 bridgehead atoms. The quantitative estimate of drug-likeness (QED) is 0.198. The van der Waals surface area contributed by atoms with Crippen LogP contribution in [0.2, 0.25) is 0 Å². The van der Waals surface area contributed by atoms with E-state index < -0.39 is 29.3 Å². The molecule has 0 spiro atoms. The van der Waals surface area contributed by atoms with Crippen LogP contribution in [0, 0.1) is 5.41 Å². The van der Waals surface area contributed by atoms with E-state index in [4.69, 9.17) is 18.9 Å². The average molecular weight is 406 g/mol. The summed E-state index contributed by atoms with van der Waals surface area (Å²) in [4.78, 5) is 45.3. The largest absolute Gasteiger partial charge is 0.462 e. The van der Waals surface area contributed by atoms with Crippen molar-refractivity contribution in [2.75, 3.05) is 26.4 Å². The molecule has 0 heterocycles. The Bertz CT molecular complexity index is 538. The highest BCUT2D eigenvalue weighted by Gasteiger charge is 2.37. The van der Waals surface area contributed by atoms with Crippen molar-refractivity contribution in [2.45, 2.75) is 0 Å². The van der Waals surface area contributed by atoms with Crippen LogP contribution < -0.4 is 0 Å². The first-order valence-electron chi connectivity index (χ1n) is 8.14. The summed E-state index contributed by atoms with van der Waals surface area (Å²) >= 11 is 0. The smallest absolute Gasteiger partial charge is 0.330 e. The monoisotopic (exact) mass is 406 g/mol. The second-order valence-corrected chi connectivity index (χ2v) is 5.22. The van der Waals surface area contributed by atoms with Crippen LogP contribution in [0.25, 0.3) is 0 Å². The van der Waals surface area contributed by atoms with Crippen LogP contribution in [0.3, 0.4) is 0 Å². The summed E-state index contributed by atoms with van der Waals surface area (Å²) in [6.07, 6.45) is 6.97. The Labute approximate surface area is 170 Å². The van der Waals surface area contributed by atoms with Gasteiger partial charge in [-0.15, -0.1) is 0 Å². The molecule has 0 aliphatic rings. The first-order valence-corrected chi connectivity index (χ1v) is 8.14. The van der Waals surface area contributed by atoms with Gasteiger partial charge in [0, 0.05) is 24.3 Å². The van der Waals surface area contributed by atoms with Crippen LogP contribution in [0.5, 0.6) is 0 Å². The number of hydrogen-bond donors (Lipinski definition) is 0. The van der Waals surface area contributed by atoms with Crippen molar-refractivity contribution >= 4 is 23.9 Å². The van der Waals surface area contributed by atoms with Gasteiger partial charge in [-0.3, -0.25) is 0 Å². The highest BCUT2D eigenvalue weighted by atomic mass is 16.6. The predicted octanol–water partition coefficient (Wildman–Crippen LogP) is 2.25. The molecule has 158 valence electrons. The summed E-state index contributed by atoms with van der Waals surface area (Å²) < 4.78 is 19.8. The molecule has 0 N–H and O–H groups in total. The second kappa shape index (κ2) is 16.5. The molecule has 0 unspecified atom stereocenters. The van der Waals surface area contributed by atoms with Gasteiger partial charge in [0.2, 0.25) is 0 Å². The zero-order chi connectivity index (χ0) is 22.7. The van der Waals surface area contributed by atoms with Crippen molar-refractivity contribution < 1.29 is 38.1 Å². The molecule has 0 aromatic carbocycles. The molecule has 29 heavy (non-hydrogen) atoms. The van der Waals surface area contributed by atoms with Gasteiger partial charge in [-0.2, -0.15) is 0 Å². The summed E-state index contributed by atoms with van der Waals surface area (Å²) in [5.74, 6) is -3.04. The van der Waals surface area contributed by atoms with Crippen molar-refractivity contribution in [1.82, 2.24) is 0 Å². The maximum atomic E-state index is 11.3. The molecule has 0 radical (unpaired) electrons. The molecule has 8 heteroatoms. The molecule has 0 aromatic heterocycles. The normalized spacial score (nSPS) is 9.24. The van der Waals surface area contributed by atoms with Crippen LogP contribution in [0.15, 0.2) is 75.9 Å². The molecule has 0 fully saturated rings. The molecule has 0 atom stereocenters. The fourth-order valence-electron chi connectivity index (χ4n) is 1.38. The van der Waals surface area contributed by atoms with E-state index in [-0.39, 0.29) is 26.4 Å². The Kier molecular flexibility index (Phi) is 15.7. The van der Waals surface area contributed by atoms with Gasteiger partial charge in [-0.25, -0.2) is 19.2 Å². The number of ether oxygens (including phenoxy) is 4. The van der Waals surface area contributed by atoms with E-state index in [0.29, 0.717) is 0 Å². The molecule has 0 aliphatic carbocycles. The SMILES string of the molecule is C=CC(=O)OCC(COC(=O)C=C)(COC(=O)C=C)COC(=O)C=C.C=CC=C. The van der Waals surface area contributed by atoms with Gasteiger partial charge in [-0.1, -0.05) is 51.6 Å². The number of carbonyl (C=O) groups excluding carboxylic acids is 4. The predicted molar refractivity (Wildman–Crippen MR) is 107 cm³/mol. The summed E-state index contributed by atoms with van der Waals surface area (Å²) in [7, 11) is 0. The Balaban J connectivity index is 0. The van der Waals surface area contributed by atoms with E-state index in [2.05, 4.69) is 39.5 Å². The van der Waals surface area contributed by atoms with Gasteiger partial charge >= 0.3 is 23.9 Å². The number of rotatable bonds is 13. The Morgan fingerprint density at radius 2 is 0.724 bits per heavy atom. The molecule has 0 aliphatic heterocycles. The highest BCUT2D eigenvalue weighted by Crippen LogP contribution is 2.21. The van der Waals surface area contributed by atoms with Crippen molar-refractivity contribution in [3.8, 4) is 0 Å². The van der Waals surface area contributed by atoms with Crippen molar-refractivity contribution in [3.63, 3.8) is 0 Å². The fraction of sp³-hybridized carbons (Fsp3) is 0.238. The lowest BCUT2D eigenvalue weighted by atomic mass is 9.92. The third kappa shape index (κ3) is 14.1. The van der Waals surface area contributed by atoms with Gasteiger partial charge in [0.1, 0.15) is 31.8 Å². The third-order valence-electron chi connectivity index (χ3n) is 2.92. The summed E-state index contributed by atoms with van der Waals surface area (Å²) in [5.41, 5.74) is -1.34. The van der Waals surface area contributed by atoms with E-state index in [1.165, 1.54) is 0 Å². The summed E-state index contributed by atoms with van der Waals surface area (Å²) in [5, 5.41) is 0. The Hall–Kier alpha value is -3.68. The first-order chi connectivity index (χ1) is 13.7. The van der Waals surface area contributed by atoms with Gasteiger partial charge < -0.3 is 18.9 Å². The lowest BCUT2D eigenvalue weighted by molar-refractivity contribution is -0.164. The molecular formula is C21H26O8. The lowest BCUT2D eigenvalue weighted by Gasteiger charge is -2.31. The topological polar surface area (TPSA) is 105 Å². The van der Waals surface area contributed by atoms with E-state index in [1.807, 2.05) is 0 Å². The second-order valence-electron chi connectivity index (χ2n) is 5.22. The van der Waals surface area contributed by atoms with Crippen LogP contribution in [-0.2, 0) is 38.1 Å². The standard InChI is InChI=1S/C17H20O8.C4H6/c1-5-13(18)22-9-17(10-23-14(19)6-2,11-24-15(20)7-3)12-25-16(21)8-4;1-3-4-2/h5-8H,1-4,9-12H2;3-4H,1-2H2. The van der Waals surface area contributed by atoms with Crippen LogP contribution in [0.1, 0.15) is 0 Å². The summed E-state index contributed by atoms with van der Waals surface area (Å²) in [6.45, 7) is 18.2. The number of allylic oxidation sites excluding steroid dienone is 2. The lowest BCUT2D eigenvalue weighted by Crippen LogP contribution is -2.43. The number of carbonyl (C=O) groups is 4. The molecule has 0 aromatic rings. The minimum absolute atomic E-state index is 0.378. The highest BCUT2D eigenvalue weighted by molar-refractivity contribution is 5.82. The van der Waals surface area contributed by atoms with Crippen LogP contribution >= 0.6 is 0 Å². The molecule has 8 nitrogen and oxygen atoms in total. The molecular weight excluding hydrogens is 380 g/mol. The molecule has 0 saturated carbocycles. The van der Waals surface area contributed by atoms with E-state index in [9.17, 15) is 19.2 Å². The first kappa shape index (κ1) is 27.5. The average Bonchev–Trinajstić information content (AvgIpc) is 2.76. The van der Waals surface area contributed by atoms with Gasteiger partial charge in [0.25, 0.3) is 0 Å². The minimum Gasteiger partial charge on any atom is -0.462 e. The summed E-state index contributed by atoms with van der Waals surface area (Å²) in [6, 6.07) is 0. The van der Waals surface area contributed by atoms with Crippen LogP contribution in [0.4, 0.5) is 0 Å². The van der Waals surface area contributed by atoms with E-state index in [1.54, 1.807) is 12.2 Å². The maximum absolute atomic E-state index is 11.3. The number of hydrogen-bond acceptors (Lipinski definition) is 8. The fourth-order valence-corrected chi connectivity index (χ4v) is 1.38. The third-order valence-corrected chi connectivity index (χ3v) is 2.92. The Morgan fingerprint density at radius 3 is 0.862 bits per heavy atom. The van der Waals surface area contributed by atoms with Crippen molar-refractivity contribution in [1.29, 1.82) is 0 Å². The zero-order valence-electron chi connectivity index (χ0n) is 16.3. The van der Waals surface area contributed by atoms with Gasteiger partial charge in [0.05, 0.1) is 0 Å². The molecule has 0 rings (SSSR count). The maximum Gasteiger partial charge on any atom is 0.330 e. The van der Waals surface area contributed by atoms with E-state index in [0.717, 1.165) is 24.3 Å². The van der Waals surface area contributed by atoms with Gasteiger partial charge in [-0.05, 0) is 0 Å². The Morgan fingerprint density at radius 1 is 0.517 bits per heavy atom. The van der Waals surface area contributed by atoms with Crippen molar-refractivity contribution in [2.24, 2.45) is 5.41 Å². The van der Waals surface area contributed by atoms with Crippen LogP contribution in [-0.4, -0.2) is 50.3 Å². The molecule has 0 amide bonds. The van der Waals surface area contributed by atoms with E-state index >= 15 is 0 Å². The minimum atomic E-state index is -1.34. The molecule has 0 saturated heterocycles. The van der Waals surface area contributed by atoms with Crippen molar-refractivity contribution in [3.05, 3.63) is 75.9 Å². The number of esters is 4. The van der Waals surface area contributed by atoms with Gasteiger partial charge in [0.15, 0.2) is 0 Å².